The average molecular weight is 310 g/mol. The smallest absolute Gasteiger partial charge is 0.310 e. The average Bonchev–Trinajstić information content (AvgIpc) is 2.45. The summed E-state index contributed by atoms with van der Waals surface area (Å²) in [5.74, 6) is -0.960. The largest absolute Gasteiger partial charge is 0.481 e. The Labute approximate surface area is 136 Å². The molecule has 23 heavy (non-hydrogen) atoms. The van der Waals surface area contributed by atoms with Crippen molar-refractivity contribution in [1.82, 2.24) is 4.98 Å². The molecule has 4 heteroatoms. The predicted octanol–water partition coefficient (Wildman–Crippen LogP) is 3.57. The third-order valence-corrected chi connectivity index (χ3v) is 4.26. The van der Waals surface area contributed by atoms with Gasteiger partial charge in [-0.25, -0.2) is 0 Å². The van der Waals surface area contributed by atoms with Gasteiger partial charge in [0, 0.05) is 35.4 Å². The second-order valence-corrected chi connectivity index (χ2v) is 7.15. The molecule has 3 rings (SSSR count). The lowest BCUT2D eigenvalue weighted by Gasteiger charge is -2.38. The molecule has 1 saturated heterocycles. The number of aliphatic carboxylic acids is 1. The van der Waals surface area contributed by atoms with Gasteiger partial charge in [-0.3, -0.25) is 9.78 Å². The molecule has 1 aliphatic rings. The van der Waals surface area contributed by atoms with Gasteiger partial charge in [-0.2, -0.15) is 0 Å². The third-order valence-electron chi connectivity index (χ3n) is 4.26. The van der Waals surface area contributed by atoms with Gasteiger partial charge >= 0.3 is 5.97 Å². The van der Waals surface area contributed by atoms with Gasteiger partial charge in [-0.15, -0.1) is 0 Å². The van der Waals surface area contributed by atoms with E-state index in [0.29, 0.717) is 13.1 Å². The van der Waals surface area contributed by atoms with Crippen LogP contribution in [0.3, 0.4) is 0 Å². The monoisotopic (exact) mass is 310 g/mol. The Hall–Kier alpha value is -2.36. The summed E-state index contributed by atoms with van der Waals surface area (Å²) >= 11 is 0. The van der Waals surface area contributed by atoms with E-state index in [-0.39, 0.29) is 11.3 Å². The number of carbonyl (C=O) groups is 1. The van der Waals surface area contributed by atoms with Gasteiger partial charge in [0.25, 0.3) is 0 Å². The maximum absolute atomic E-state index is 10.9. The van der Waals surface area contributed by atoms with Gasteiger partial charge in [-0.1, -0.05) is 39.0 Å². The van der Waals surface area contributed by atoms with E-state index >= 15 is 0 Å². The number of carboxylic acid groups (broad SMARTS) is 1. The standard InChI is InChI=1S/C19H22N2O2/c1-19(2,3)17-9-5-8-16(20-17)13-6-4-7-15(10-13)21-11-14(12-21)18(22)23/h4-10,14H,11-12H2,1-3H3,(H,22,23). The summed E-state index contributed by atoms with van der Waals surface area (Å²) in [6.45, 7) is 7.62. The van der Waals surface area contributed by atoms with Gasteiger partial charge in [0.05, 0.1) is 11.6 Å². The molecule has 0 spiro atoms. The topological polar surface area (TPSA) is 53.4 Å². The van der Waals surface area contributed by atoms with Crippen LogP contribution in [0.15, 0.2) is 42.5 Å². The number of benzene rings is 1. The highest BCUT2D eigenvalue weighted by molar-refractivity contribution is 5.75. The number of nitrogens with zero attached hydrogens (tertiary/aromatic N) is 2. The molecule has 0 amide bonds. The zero-order chi connectivity index (χ0) is 16.6. The Balaban J connectivity index is 1.85. The van der Waals surface area contributed by atoms with Gasteiger partial charge in [0.1, 0.15) is 0 Å². The fraction of sp³-hybridized carbons (Fsp3) is 0.368. The first-order chi connectivity index (χ1) is 10.8. The number of carboxylic acids is 1. The van der Waals surface area contributed by atoms with Crippen molar-refractivity contribution < 1.29 is 9.90 Å². The first kappa shape index (κ1) is 15.5. The van der Waals surface area contributed by atoms with Crippen molar-refractivity contribution in [2.45, 2.75) is 26.2 Å². The zero-order valence-electron chi connectivity index (χ0n) is 13.8. The Bertz CT molecular complexity index is 728. The molecule has 0 saturated carbocycles. The highest BCUT2D eigenvalue weighted by Crippen LogP contribution is 2.30. The van der Waals surface area contributed by atoms with Gasteiger partial charge in [0.2, 0.25) is 0 Å². The minimum Gasteiger partial charge on any atom is -0.481 e. The van der Waals surface area contributed by atoms with E-state index in [9.17, 15) is 4.79 Å². The Morgan fingerprint density at radius 2 is 1.87 bits per heavy atom. The quantitative estimate of drug-likeness (QED) is 0.941. The van der Waals surface area contributed by atoms with Gasteiger partial charge in [-0.05, 0) is 24.3 Å². The van der Waals surface area contributed by atoms with E-state index < -0.39 is 5.97 Å². The van der Waals surface area contributed by atoms with Crippen LogP contribution < -0.4 is 4.90 Å². The zero-order valence-corrected chi connectivity index (χ0v) is 13.8. The minimum atomic E-state index is -0.711. The van der Waals surface area contributed by atoms with E-state index in [1.165, 1.54) is 0 Å². The van der Waals surface area contributed by atoms with E-state index in [0.717, 1.165) is 22.6 Å². The molecule has 0 atom stereocenters. The molecule has 0 radical (unpaired) electrons. The molecule has 2 aromatic rings. The van der Waals surface area contributed by atoms with Crippen molar-refractivity contribution in [3.8, 4) is 11.3 Å². The molecule has 120 valence electrons. The molecule has 1 fully saturated rings. The number of pyridine rings is 1. The van der Waals surface area contributed by atoms with Crippen molar-refractivity contribution >= 4 is 11.7 Å². The Kier molecular flexibility index (Phi) is 3.84. The molecule has 0 aliphatic carbocycles. The van der Waals surface area contributed by atoms with Crippen LogP contribution in [0.4, 0.5) is 5.69 Å². The van der Waals surface area contributed by atoms with Crippen LogP contribution in [-0.2, 0) is 10.2 Å². The molecular weight excluding hydrogens is 288 g/mol. The molecule has 0 bridgehead atoms. The lowest BCUT2D eigenvalue weighted by atomic mass is 9.91. The van der Waals surface area contributed by atoms with Crippen molar-refractivity contribution in [3.63, 3.8) is 0 Å². The Morgan fingerprint density at radius 1 is 1.17 bits per heavy atom. The van der Waals surface area contributed by atoms with Crippen LogP contribution >= 0.6 is 0 Å². The first-order valence-corrected chi connectivity index (χ1v) is 7.90. The van der Waals surface area contributed by atoms with Crippen LogP contribution in [0.2, 0.25) is 0 Å². The van der Waals surface area contributed by atoms with E-state index in [1.807, 2.05) is 30.3 Å². The summed E-state index contributed by atoms with van der Waals surface area (Å²) in [6.07, 6.45) is 0. The maximum Gasteiger partial charge on any atom is 0.310 e. The Morgan fingerprint density at radius 3 is 2.52 bits per heavy atom. The number of rotatable bonds is 3. The second-order valence-electron chi connectivity index (χ2n) is 7.15. The second kappa shape index (κ2) is 5.69. The lowest BCUT2D eigenvalue weighted by Crippen LogP contribution is -2.50. The summed E-state index contributed by atoms with van der Waals surface area (Å²) in [4.78, 5) is 17.8. The van der Waals surface area contributed by atoms with Crippen LogP contribution in [0.1, 0.15) is 26.5 Å². The van der Waals surface area contributed by atoms with Gasteiger partial charge < -0.3 is 10.0 Å². The van der Waals surface area contributed by atoms with E-state index in [4.69, 9.17) is 10.1 Å². The van der Waals surface area contributed by atoms with Crippen molar-refractivity contribution in [2.24, 2.45) is 5.92 Å². The summed E-state index contributed by atoms with van der Waals surface area (Å²) in [6, 6.07) is 14.3. The van der Waals surface area contributed by atoms with Crippen molar-refractivity contribution in [2.75, 3.05) is 18.0 Å². The summed E-state index contributed by atoms with van der Waals surface area (Å²) in [7, 11) is 0. The molecule has 1 aromatic carbocycles. The van der Waals surface area contributed by atoms with Crippen LogP contribution in [0.5, 0.6) is 0 Å². The van der Waals surface area contributed by atoms with Gasteiger partial charge in [0.15, 0.2) is 0 Å². The molecule has 1 N–H and O–H groups in total. The molecule has 0 unspecified atom stereocenters. The fourth-order valence-electron chi connectivity index (χ4n) is 2.72. The molecule has 4 nitrogen and oxygen atoms in total. The van der Waals surface area contributed by atoms with Crippen molar-refractivity contribution in [3.05, 3.63) is 48.2 Å². The fourth-order valence-corrected chi connectivity index (χ4v) is 2.72. The minimum absolute atomic E-state index is 0.0137. The van der Waals surface area contributed by atoms with E-state index in [1.54, 1.807) is 0 Å². The van der Waals surface area contributed by atoms with Crippen molar-refractivity contribution in [1.29, 1.82) is 0 Å². The molecular formula is C19H22N2O2. The number of hydrogen-bond donors (Lipinski definition) is 1. The first-order valence-electron chi connectivity index (χ1n) is 7.90. The third kappa shape index (κ3) is 3.21. The van der Waals surface area contributed by atoms with E-state index in [2.05, 4.69) is 37.8 Å². The molecule has 1 aliphatic heterocycles. The summed E-state index contributed by atoms with van der Waals surface area (Å²) in [5.41, 5.74) is 4.15. The molecule has 2 heterocycles. The number of anilines is 1. The summed E-state index contributed by atoms with van der Waals surface area (Å²) < 4.78 is 0. The normalized spacial score (nSPS) is 15.3. The highest BCUT2D eigenvalue weighted by atomic mass is 16.4. The highest BCUT2D eigenvalue weighted by Gasteiger charge is 2.32. The van der Waals surface area contributed by atoms with Crippen LogP contribution in [0, 0.1) is 5.92 Å². The van der Waals surface area contributed by atoms with Crippen LogP contribution in [-0.4, -0.2) is 29.1 Å². The maximum atomic E-state index is 10.9. The number of aromatic nitrogens is 1. The van der Waals surface area contributed by atoms with Crippen LogP contribution in [0.25, 0.3) is 11.3 Å². The SMILES string of the molecule is CC(C)(C)c1cccc(-c2cccc(N3CC(C(=O)O)C3)c2)n1. The number of hydrogen-bond acceptors (Lipinski definition) is 3. The predicted molar refractivity (Wildman–Crippen MR) is 91.7 cm³/mol. The summed E-state index contributed by atoms with van der Waals surface area (Å²) in [5, 5.41) is 9.00. The lowest BCUT2D eigenvalue weighted by molar-refractivity contribution is -0.142. The molecule has 1 aromatic heterocycles.